The summed E-state index contributed by atoms with van der Waals surface area (Å²) in [7, 11) is 0. The fourth-order valence-electron chi connectivity index (χ4n) is 8.46. The summed E-state index contributed by atoms with van der Waals surface area (Å²) in [6.07, 6.45) is -0.472. The SMILES string of the molecule is c1ccc(C2=NC(c3ccc(-c4ccccc4)cc3)NC(c3cccc4c3c3ccccc3n4-c3cc(-c4ccccc4)c4sc5ccccc5c4c3)N2)cc1. The highest BCUT2D eigenvalue weighted by molar-refractivity contribution is 7.26. The maximum absolute atomic E-state index is 5.27. The number of rotatable bonds is 6. The van der Waals surface area contributed by atoms with Crippen LogP contribution in [0.2, 0.25) is 0 Å². The number of aromatic nitrogens is 1. The number of hydrogen-bond acceptors (Lipinski definition) is 4. The van der Waals surface area contributed by atoms with Crippen molar-refractivity contribution < 1.29 is 0 Å². The smallest absolute Gasteiger partial charge is 0.131 e. The molecule has 2 aromatic heterocycles. The first-order chi connectivity index (χ1) is 27.8. The average molecular weight is 737 g/mol. The van der Waals surface area contributed by atoms with Gasteiger partial charge in [0.25, 0.3) is 0 Å². The number of benzene rings is 8. The predicted octanol–water partition coefficient (Wildman–Crippen LogP) is 12.8. The molecule has 2 atom stereocenters. The van der Waals surface area contributed by atoms with Gasteiger partial charge in [-0.05, 0) is 58.1 Å². The van der Waals surface area contributed by atoms with Gasteiger partial charge in [-0.1, -0.05) is 164 Å². The van der Waals surface area contributed by atoms with Crippen molar-refractivity contribution in [2.45, 2.75) is 12.3 Å². The standard InChI is InChI=1S/C51H36N4S/c1-4-15-33(16-5-1)34-27-29-37(30-28-34)50-52-49(36-19-8-3-9-20-36)53-51(54-50)41-23-14-25-45-47(41)40-22-10-12-24-44(40)55(45)38-31-42(35-17-6-2-7-18-35)48-43(32-38)39-21-11-13-26-46(39)56-48/h1-32,50-51,54H,(H,52,53). The number of fused-ring (bicyclic) bond motifs is 6. The molecule has 0 spiro atoms. The molecule has 11 rings (SSSR count). The third-order valence-electron chi connectivity index (χ3n) is 11.1. The number of hydrogen-bond donors (Lipinski definition) is 2. The molecule has 3 heterocycles. The number of thiophene rings is 1. The number of nitrogens with zero attached hydrogens (tertiary/aromatic N) is 2. The summed E-state index contributed by atoms with van der Waals surface area (Å²) in [5.74, 6) is 0.870. The van der Waals surface area contributed by atoms with Gasteiger partial charge < -0.3 is 9.88 Å². The van der Waals surface area contributed by atoms with Crippen molar-refractivity contribution in [2.24, 2.45) is 4.99 Å². The van der Waals surface area contributed by atoms with Gasteiger partial charge in [-0.25, -0.2) is 4.99 Å². The van der Waals surface area contributed by atoms with Crippen molar-refractivity contribution in [3.63, 3.8) is 0 Å². The van der Waals surface area contributed by atoms with E-state index in [2.05, 4.69) is 209 Å². The van der Waals surface area contributed by atoms with Gasteiger partial charge in [0.1, 0.15) is 18.2 Å². The molecule has 0 bridgehead atoms. The van der Waals surface area contributed by atoms with Crippen LogP contribution >= 0.6 is 11.3 Å². The maximum atomic E-state index is 5.27. The van der Waals surface area contributed by atoms with Crippen LogP contribution in [0.1, 0.15) is 29.0 Å². The molecule has 1 aliphatic heterocycles. The topological polar surface area (TPSA) is 41.4 Å². The van der Waals surface area contributed by atoms with E-state index in [1.54, 1.807) is 0 Å². The normalized spacial score (nSPS) is 15.7. The summed E-state index contributed by atoms with van der Waals surface area (Å²) in [4.78, 5) is 5.27. The number of nitrogens with one attached hydrogen (secondary N) is 2. The highest BCUT2D eigenvalue weighted by Gasteiger charge is 2.28. The van der Waals surface area contributed by atoms with Gasteiger partial charge in [-0.2, -0.15) is 0 Å². The average Bonchev–Trinajstić information content (AvgIpc) is 3.83. The van der Waals surface area contributed by atoms with Crippen LogP contribution in [0.15, 0.2) is 199 Å². The number of aliphatic imine (C=N–C) groups is 1. The van der Waals surface area contributed by atoms with Crippen LogP contribution in [0, 0.1) is 0 Å². The van der Waals surface area contributed by atoms with Gasteiger partial charge in [0.15, 0.2) is 0 Å². The maximum Gasteiger partial charge on any atom is 0.131 e. The molecule has 2 N–H and O–H groups in total. The third kappa shape index (κ3) is 5.51. The van der Waals surface area contributed by atoms with E-state index < -0.39 is 0 Å². The van der Waals surface area contributed by atoms with Crippen LogP contribution in [-0.4, -0.2) is 10.4 Å². The van der Waals surface area contributed by atoms with E-state index in [0.29, 0.717) is 0 Å². The summed E-state index contributed by atoms with van der Waals surface area (Å²) in [6, 6.07) is 69.8. The van der Waals surface area contributed by atoms with E-state index in [9.17, 15) is 0 Å². The van der Waals surface area contributed by atoms with Gasteiger partial charge in [0.05, 0.1) is 11.0 Å². The first-order valence-corrected chi connectivity index (χ1v) is 19.9. The van der Waals surface area contributed by atoms with E-state index in [1.165, 1.54) is 64.3 Å². The van der Waals surface area contributed by atoms with Crippen molar-refractivity contribution in [1.82, 2.24) is 15.2 Å². The van der Waals surface area contributed by atoms with Gasteiger partial charge >= 0.3 is 0 Å². The van der Waals surface area contributed by atoms with E-state index >= 15 is 0 Å². The van der Waals surface area contributed by atoms with Crippen molar-refractivity contribution in [2.75, 3.05) is 0 Å². The molecular formula is C51H36N4S. The molecule has 0 aliphatic carbocycles. The third-order valence-corrected chi connectivity index (χ3v) is 12.3. The summed E-state index contributed by atoms with van der Waals surface area (Å²) < 4.78 is 5.08. The first-order valence-electron chi connectivity index (χ1n) is 19.1. The second-order valence-corrected chi connectivity index (χ2v) is 15.5. The molecule has 0 saturated carbocycles. The molecule has 2 unspecified atom stereocenters. The van der Waals surface area contributed by atoms with Gasteiger partial charge in [-0.15, -0.1) is 11.3 Å². The zero-order chi connectivity index (χ0) is 37.0. The zero-order valence-corrected chi connectivity index (χ0v) is 31.2. The highest BCUT2D eigenvalue weighted by atomic mass is 32.1. The Balaban J connectivity index is 1.09. The van der Waals surface area contributed by atoms with Crippen molar-refractivity contribution >= 4 is 59.2 Å². The van der Waals surface area contributed by atoms with Crippen LogP contribution in [0.3, 0.4) is 0 Å². The van der Waals surface area contributed by atoms with Gasteiger partial charge in [0.2, 0.25) is 0 Å². The molecule has 4 nitrogen and oxygen atoms in total. The summed E-state index contributed by atoms with van der Waals surface area (Å²) in [5.41, 5.74) is 11.7. The Morgan fingerprint density at radius 2 is 1.12 bits per heavy atom. The Morgan fingerprint density at radius 1 is 0.500 bits per heavy atom. The summed E-state index contributed by atoms with van der Waals surface area (Å²) >= 11 is 1.88. The molecular weight excluding hydrogens is 701 g/mol. The summed E-state index contributed by atoms with van der Waals surface area (Å²) in [6.45, 7) is 0. The van der Waals surface area contributed by atoms with Crippen LogP contribution < -0.4 is 10.6 Å². The molecule has 5 heteroatoms. The van der Waals surface area contributed by atoms with Crippen LogP contribution in [0.5, 0.6) is 0 Å². The lowest BCUT2D eigenvalue weighted by molar-refractivity contribution is 0.411. The minimum absolute atomic E-state index is 0.215. The fourth-order valence-corrected chi connectivity index (χ4v) is 9.68. The highest BCUT2D eigenvalue weighted by Crippen LogP contribution is 2.44. The minimum Gasteiger partial charge on any atom is -0.350 e. The van der Waals surface area contributed by atoms with E-state index in [4.69, 9.17) is 4.99 Å². The molecule has 0 fully saturated rings. The lowest BCUT2D eigenvalue weighted by Gasteiger charge is -2.32. The largest absolute Gasteiger partial charge is 0.350 e. The van der Waals surface area contributed by atoms with Crippen LogP contribution in [0.25, 0.3) is 69.9 Å². The first kappa shape index (κ1) is 32.6. The molecule has 8 aromatic carbocycles. The predicted molar refractivity (Wildman–Crippen MR) is 236 cm³/mol. The van der Waals surface area contributed by atoms with Crippen molar-refractivity contribution in [3.05, 3.63) is 211 Å². The molecule has 0 amide bonds. The molecule has 10 aromatic rings. The van der Waals surface area contributed by atoms with Crippen molar-refractivity contribution in [1.29, 1.82) is 0 Å². The second kappa shape index (κ2) is 13.5. The number of amidine groups is 1. The number of para-hydroxylation sites is 1. The fraction of sp³-hybridized carbons (Fsp3) is 0.0392. The summed E-state index contributed by atoms with van der Waals surface area (Å²) in [5, 5.41) is 12.8. The lowest BCUT2D eigenvalue weighted by Crippen LogP contribution is -2.45. The second-order valence-electron chi connectivity index (χ2n) is 14.4. The molecule has 0 saturated heterocycles. The Morgan fingerprint density at radius 3 is 1.89 bits per heavy atom. The Kier molecular flexibility index (Phi) is 7.87. The lowest BCUT2D eigenvalue weighted by atomic mass is 10.0. The minimum atomic E-state index is -0.257. The van der Waals surface area contributed by atoms with Crippen molar-refractivity contribution in [3.8, 4) is 27.9 Å². The molecule has 1 aliphatic rings. The molecule has 56 heavy (non-hydrogen) atoms. The van der Waals surface area contributed by atoms with Crippen LogP contribution in [-0.2, 0) is 0 Å². The quantitative estimate of drug-likeness (QED) is 0.178. The van der Waals surface area contributed by atoms with Crippen LogP contribution in [0.4, 0.5) is 0 Å². The van der Waals surface area contributed by atoms with E-state index in [-0.39, 0.29) is 12.3 Å². The van der Waals surface area contributed by atoms with Gasteiger partial charge in [-0.3, -0.25) is 5.32 Å². The molecule has 266 valence electrons. The van der Waals surface area contributed by atoms with E-state index in [1.807, 2.05) is 11.3 Å². The molecule has 0 radical (unpaired) electrons. The Labute approximate surface area is 329 Å². The van der Waals surface area contributed by atoms with E-state index in [0.717, 1.165) is 28.2 Å². The van der Waals surface area contributed by atoms with Gasteiger partial charge in [0, 0.05) is 47.8 Å². The Bertz CT molecular complexity index is 3070. The zero-order valence-electron chi connectivity index (χ0n) is 30.4. The Hall–Kier alpha value is -6.79. The monoisotopic (exact) mass is 736 g/mol.